The Morgan fingerprint density at radius 2 is 1.88 bits per heavy atom. The third-order valence-electron chi connectivity index (χ3n) is 10.4. The molecular formula is C30H41FO2. The lowest BCUT2D eigenvalue weighted by Crippen LogP contribution is -2.53. The van der Waals surface area contributed by atoms with E-state index in [1.165, 1.54) is 25.3 Å². The first-order valence-electron chi connectivity index (χ1n) is 13.0. The monoisotopic (exact) mass is 452 g/mol. The van der Waals surface area contributed by atoms with E-state index in [1.54, 1.807) is 28.9 Å². The zero-order valence-electron chi connectivity index (χ0n) is 21.1. The van der Waals surface area contributed by atoms with Gasteiger partial charge < -0.3 is 9.84 Å². The molecule has 0 aromatic heterocycles. The Morgan fingerprint density at radius 1 is 1.09 bits per heavy atom. The molecule has 180 valence electrons. The van der Waals surface area contributed by atoms with Crippen LogP contribution in [0.25, 0.3) is 0 Å². The standard InChI is InChI=1S/C30H41FO2/c1-19(33-18-20-7-6-8-21(31)17-20)23-10-11-24-22-9-12-26-28(2,3)27(32)14-16-30(26,5)25(22)13-15-29(23,24)4/h6-8,11,17,19,23,26-27,32H,9-10,12-16,18H2,1-5H3/t19-,23-,26+,27+,29-,30-/m1/s1. The van der Waals surface area contributed by atoms with Gasteiger partial charge in [0, 0.05) is 0 Å². The molecule has 4 aliphatic rings. The van der Waals surface area contributed by atoms with Crippen molar-refractivity contribution in [1.29, 1.82) is 0 Å². The largest absolute Gasteiger partial charge is 0.393 e. The fourth-order valence-corrected chi connectivity index (χ4v) is 8.40. The minimum Gasteiger partial charge on any atom is -0.393 e. The summed E-state index contributed by atoms with van der Waals surface area (Å²) in [5.74, 6) is 0.822. The van der Waals surface area contributed by atoms with Gasteiger partial charge in [-0.25, -0.2) is 4.39 Å². The zero-order valence-corrected chi connectivity index (χ0v) is 21.1. The number of fused-ring (bicyclic) bond motifs is 4. The smallest absolute Gasteiger partial charge is 0.123 e. The third kappa shape index (κ3) is 3.57. The lowest BCUT2D eigenvalue weighted by molar-refractivity contribution is -0.0910. The minimum atomic E-state index is -0.199. The molecule has 0 saturated heterocycles. The van der Waals surface area contributed by atoms with Crippen molar-refractivity contribution in [2.24, 2.45) is 28.1 Å². The summed E-state index contributed by atoms with van der Waals surface area (Å²) >= 11 is 0. The molecule has 4 aliphatic carbocycles. The molecule has 1 aromatic carbocycles. The number of allylic oxidation sites excluding steroid dienone is 4. The van der Waals surface area contributed by atoms with Crippen LogP contribution in [0.2, 0.25) is 0 Å². The summed E-state index contributed by atoms with van der Waals surface area (Å²) in [6.07, 6.45) is 10.3. The van der Waals surface area contributed by atoms with E-state index in [1.807, 2.05) is 6.07 Å². The lowest BCUT2D eigenvalue weighted by Gasteiger charge is -2.59. The lowest BCUT2D eigenvalue weighted by atomic mass is 9.46. The molecule has 33 heavy (non-hydrogen) atoms. The summed E-state index contributed by atoms with van der Waals surface area (Å²) in [6.45, 7) is 12.2. The number of halogens is 1. The second-order valence-corrected chi connectivity index (χ2v) is 12.4. The average Bonchev–Trinajstić information content (AvgIpc) is 3.12. The van der Waals surface area contributed by atoms with Crippen molar-refractivity contribution in [2.75, 3.05) is 0 Å². The highest BCUT2D eigenvalue weighted by atomic mass is 19.1. The fraction of sp³-hybridized carbons (Fsp3) is 0.667. The molecule has 0 unspecified atom stereocenters. The van der Waals surface area contributed by atoms with Gasteiger partial charge in [0.2, 0.25) is 0 Å². The second-order valence-electron chi connectivity index (χ2n) is 12.4. The van der Waals surface area contributed by atoms with E-state index in [9.17, 15) is 9.50 Å². The highest BCUT2D eigenvalue weighted by Gasteiger charge is 2.57. The molecule has 0 aliphatic heterocycles. The van der Waals surface area contributed by atoms with Crippen molar-refractivity contribution >= 4 is 0 Å². The summed E-state index contributed by atoms with van der Waals surface area (Å²) in [5, 5.41) is 10.8. The Labute approximate surface area is 199 Å². The maximum atomic E-state index is 13.6. The summed E-state index contributed by atoms with van der Waals surface area (Å²) in [6, 6.07) is 6.76. The number of aliphatic hydroxyl groups excluding tert-OH is 1. The normalized spacial score (nSPS) is 38.3. The molecule has 1 fully saturated rings. The minimum absolute atomic E-state index is 0.0157. The molecule has 5 rings (SSSR count). The second kappa shape index (κ2) is 8.05. The van der Waals surface area contributed by atoms with Gasteiger partial charge in [-0.2, -0.15) is 0 Å². The Bertz CT molecular complexity index is 991. The molecule has 1 saturated carbocycles. The van der Waals surface area contributed by atoms with Crippen LogP contribution < -0.4 is 0 Å². The first kappa shape index (κ1) is 23.3. The van der Waals surface area contributed by atoms with Crippen LogP contribution in [0.15, 0.2) is 47.1 Å². The highest BCUT2D eigenvalue weighted by Crippen LogP contribution is 2.66. The number of ether oxygens (including phenoxy) is 1. The Kier molecular flexibility index (Phi) is 5.69. The van der Waals surface area contributed by atoms with Gasteiger partial charge in [-0.05, 0) is 109 Å². The van der Waals surface area contributed by atoms with Crippen molar-refractivity contribution in [3.8, 4) is 0 Å². The predicted octanol–water partition coefficient (Wildman–Crippen LogP) is 7.37. The van der Waals surface area contributed by atoms with E-state index in [0.29, 0.717) is 18.4 Å². The van der Waals surface area contributed by atoms with Crippen LogP contribution in [-0.2, 0) is 11.3 Å². The van der Waals surface area contributed by atoms with Crippen molar-refractivity contribution in [3.05, 3.63) is 58.4 Å². The van der Waals surface area contributed by atoms with Crippen LogP contribution in [0.5, 0.6) is 0 Å². The fourth-order valence-electron chi connectivity index (χ4n) is 8.40. The molecule has 0 bridgehead atoms. The molecule has 1 aromatic rings. The first-order chi connectivity index (χ1) is 15.6. The van der Waals surface area contributed by atoms with Crippen LogP contribution in [0.1, 0.15) is 85.1 Å². The van der Waals surface area contributed by atoms with Crippen LogP contribution in [0.4, 0.5) is 4.39 Å². The summed E-state index contributed by atoms with van der Waals surface area (Å²) in [4.78, 5) is 0. The van der Waals surface area contributed by atoms with E-state index in [0.717, 1.165) is 31.2 Å². The molecule has 0 radical (unpaired) electrons. The van der Waals surface area contributed by atoms with Gasteiger partial charge in [0.1, 0.15) is 5.82 Å². The van der Waals surface area contributed by atoms with Gasteiger partial charge in [0.25, 0.3) is 0 Å². The topological polar surface area (TPSA) is 29.5 Å². The molecule has 0 heterocycles. The molecular weight excluding hydrogens is 411 g/mol. The number of aliphatic hydroxyl groups is 1. The molecule has 0 amide bonds. The molecule has 3 heteroatoms. The van der Waals surface area contributed by atoms with Gasteiger partial charge in [0.05, 0.1) is 18.8 Å². The van der Waals surface area contributed by atoms with Crippen LogP contribution in [0, 0.1) is 33.9 Å². The molecule has 1 N–H and O–H groups in total. The summed E-state index contributed by atoms with van der Waals surface area (Å²) in [5.41, 5.74) is 6.21. The molecule has 2 nitrogen and oxygen atoms in total. The summed E-state index contributed by atoms with van der Waals surface area (Å²) in [7, 11) is 0. The van der Waals surface area contributed by atoms with Crippen LogP contribution >= 0.6 is 0 Å². The van der Waals surface area contributed by atoms with Gasteiger partial charge in [-0.15, -0.1) is 0 Å². The van der Waals surface area contributed by atoms with E-state index < -0.39 is 0 Å². The third-order valence-corrected chi connectivity index (χ3v) is 10.4. The number of hydrogen-bond acceptors (Lipinski definition) is 2. The van der Waals surface area contributed by atoms with Gasteiger partial charge >= 0.3 is 0 Å². The van der Waals surface area contributed by atoms with Crippen LogP contribution in [0.3, 0.4) is 0 Å². The molecule has 6 atom stereocenters. The average molecular weight is 453 g/mol. The van der Waals surface area contributed by atoms with Crippen molar-refractivity contribution < 1.29 is 14.2 Å². The highest BCUT2D eigenvalue weighted by molar-refractivity contribution is 5.50. The van der Waals surface area contributed by atoms with Gasteiger partial charge in [-0.1, -0.05) is 51.5 Å². The Balaban J connectivity index is 1.37. The van der Waals surface area contributed by atoms with E-state index in [2.05, 4.69) is 40.7 Å². The molecule has 0 spiro atoms. The quantitative estimate of drug-likeness (QED) is 0.517. The first-order valence-corrected chi connectivity index (χ1v) is 13.0. The maximum absolute atomic E-state index is 13.6. The number of rotatable bonds is 4. The van der Waals surface area contributed by atoms with Crippen LogP contribution in [-0.4, -0.2) is 17.3 Å². The SMILES string of the molecule is C[C@@H](OCc1cccc(F)c1)[C@H]1CC=C2C3=C(CC[C@@]21C)[C@@]1(C)CC[C@H](O)C(C)(C)[C@@H]1CC3. The number of benzene rings is 1. The van der Waals surface area contributed by atoms with E-state index in [-0.39, 0.29) is 34.3 Å². The van der Waals surface area contributed by atoms with Crippen molar-refractivity contribution in [1.82, 2.24) is 0 Å². The van der Waals surface area contributed by atoms with Crippen molar-refractivity contribution in [2.45, 2.75) is 98.4 Å². The summed E-state index contributed by atoms with van der Waals surface area (Å²) < 4.78 is 19.9. The maximum Gasteiger partial charge on any atom is 0.123 e. The number of hydrogen-bond donors (Lipinski definition) is 1. The van der Waals surface area contributed by atoms with E-state index in [4.69, 9.17) is 4.74 Å². The predicted molar refractivity (Wildman–Crippen MR) is 131 cm³/mol. The zero-order chi connectivity index (χ0) is 23.6. The Hall–Kier alpha value is -1.45. The van der Waals surface area contributed by atoms with Crippen molar-refractivity contribution in [3.63, 3.8) is 0 Å². The Morgan fingerprint density at radius 3 is 2.64 bits per heavy atom. The van der Waals surface area contributed by atoms with Gasteiger partial charge in [-0.3, -0.25) is 0 Å². The van der Waals surface area contributed by atoms with E-state index >= 15 is 0 Å². The van der Waals surface area contributed by atoms with Gasteiger partial charge in [0.15, 0.2) is 0 Å².